The fourth-order valence-corrected chi connectivity index (χ4v) is 3.49. The van der Waals surface area contributed by atoms with Gasteiger partial charge in [0.25, 0.3) is 11.1 Å². The van der Waals surface area contributed by atoms with Gasteiger partial charge in [0, 0.05) is 38.6 Å². The minimum Gasteiger partial charge on any atom is -0.353 e. The molecule has 2 saturated heterocycles. The molecule has 2 fully saturated rings. The van der Waals surface area contributed by atoms with Gasteiger partial charge >= 0.3 is 0 Å². The second kappa shape index (κ2) is 7.12. The molecule has 2 aromatic rings. The van der Waals surface area contributed by atoms with Crippen molar-refractivity contribution < 1.29 is 9.59 Å². The number of anilines is 2. The Hall–Kier alpha value is -2.94. The predicted octanol–water partition coefficient (Wildman–Crippen LogP) is 1.52. The van der Waals surface area contributed by atoms with E-state index in [-0.39, 0.29) is 11.1 Å². The van der Waals surface area contributed by atoms with Crippen LogP contribution in [0.25, 0.3) is 6.08 Å². The van der Waals surface area contributed by atoms with E-state index in [1.165, 1.54) is 0 Å². The van der Waals surface area contributed by atoms with Gasteiger partial charge in [-0.15, -0.1) is 0 Å². The van der Waals surface area contributed by atoms with Crippen LogP contribution in [0.2, 0.25) is 0 Å². The summed E-state index contributed by atoms with van der Waals surface area (Å²) in [5, 5.41) is 1.88. The van der Waals surface area contributed by atoms with Gasteiger partial charge in [-0.3, -0.25) is 14.9 Å². The minimum absolute atomic E-state index is 0.347. The normalized spacial score (nSPS) is 19.2. The molecule has 1 N–H and O–H groups in total. The number of rotatable bonds is 3. The molecule has 0 bridgehead atoms. The van der Waals surface area contributed by atoms with Crippen LogP contribution in [-0.4, -0.2) is 52.3 Å². The van der Waals surface area contributed by atoms with E-state index in [1.807, 2.05) is 18.2 Å². The second-order valence-corrected chi connectivity index (χ2v) is 6.81. The van der Waals surface area contributed by atoms with Crippen LogP contribution in [0, 0.1) is 0 Å². The fraction of sp³-hybridized carbons (Fsp3) is 0.235. The summed E-state index contributed by atoms with van der Waals surface area (Å²) in [7, 11) is 0. The molecular weight excluding hydrogens is 352 g/mol. The van der Waals surface area contributed by atoms with Crippen LogP contribution in [-0.2, 0) is 4.79 Å². The van der Waals surface area contributed by atoms with E-state index in [0.29, 0.717) is 16.5 Å². The molecule has 0 unspecified atom stereocenters. The van der Waals surface area contributed by atoms with E-state index in [4.69, 9.17) is 0 Å². The summed E-state index contributed by atoms with van der Waals surface area (Å²) in [4.78, 5) is 40.8. The molecule has 4 rings (SSSR count). The van der Waals surface area contributed by atoms with Crippen molar-refractivity contribution in [2.45, 2.75) is 0 Å². The van der Waals surface area contributed by atoms with Gasteiger partial charge < -0.3 is 9.80 Å². The van der Waals surface area contributed by atoms with Crippen LogP contribution < -0.4 is 15.1 Å². The molecule has 0 aromatic carbocycles. The van der Waals surface area contributed by atoms with Crippen LogP contribution in [0.4, 0.5) is 16.6 Å². The molecule has 26 heavy (non-hydrogen) atoms. The van der Waals surface area contributed by atoms with Crippen molar-refractivity contribution in [3.05, 3.63) is 47.3 Å². The van der Waals surface area contributed by atoms with Crippen LogP contribution in [0.5, 0.6) is 0 Å². The van der Waals surface area contributed by atoms with Gasteiger partial charge in [0.15, 0.2) is 0 Å². The van der Waals surface area contributed by atoms with Gasteiger partial charge in [-0.05, 0) is 36.0 Å². The number of aromatic nitrogens is 3. The zero-order valence-electron chi connectivity index (χ0n) is 13.8. The van der Waals surface area contributed by atoms with E-state index in [0.717, 1.165) is 43.8 Å². The summed E-state index contributed by atoms with van der Waals surface area (Å²) in [5.74, 6) is 1.21. The van der Waals surface area contributed by atoms with Crippen molar-refractivity contribution in [3.63, 3.8) is 0 Å². The van der Waals surface area contributed by atoms with Gasteiger partial charge in [-0.1, -0.05) is 6.07 Å². The molecule has 9 heteroatoms. The van der Waals surface area contributed by atoms with E-state index < -0.39 is 0 Å². The largest absolute Gasteiger partial charge is 0.353 e. The third-order valence-electron chi connectivity index (χ3n) is 4.12. The molecule has 2 amide bonds. The molecule has 2 aromatic heterocycles. The fourth-order valence-electron chi connectivity index (χ4n) is 2.83. The average Bonchev–Trinajstić information content (AvgIpc) is 3.00. The van der Waals surface area contributed by atoms with Crippen molar-refractivity contribution in [1.82, 2.24) is 20.3 Å². The summed E-state index contributed by atoms with van der Waals surface area (Å²) in [6.07, 6.45) is 5.07. The molecule has 0 saturated carbocycles. The molecule has 0 radical (unpaired) electrons. The Morgan fingerprint density at radius 1 is 1.00 bits per heavy atom. The van der Waals surface area contributed by atoms with Crippen LogP contribution in [0.3, 0.4) is 0 Å². The van der Waals surface area contributed by atoms with Crippen LogP contribution in [0.1, 0.15) is 5.69 Å². The number of imide groups is 1. The Labute approximate surface area is 154 Å². The van der Waals surface area contributed by atoms with Gasteiger partial charge in [0.1, 0.15) is 5.82 Å². The number of thioether (sulfide) groups is 1. The minimum atomic E-state index is -0.385. The molecule has 0 atom stereocenters. The van der Waals surface area contributed by atoms with E-state index in [1.54, 1.807) is 24.5 Å². The molecule has 8 nitrogen and oxygen atoms in total. The molecule has 2 aliphatic rings. The Morgan fingerprint density at radius 3 is 2.50 bits per heavy atom. The Morgan fingerprint density at radius 2 is 1.81 bits per heavy atom. The number of carbonyl (C=O) groups excluding carboxylic acids is 2. The lowest BCUT2D eigenvalue weighted by Crippen LogP contribution is -2.47. The number of hydrogen-bond donors (Lipinski definition) is 1. The summed E-state index contributed by atoms with van der Waals surface area (Å²) in [5.41, 5.74) is 0.606. The predicted molar refractivity (Wildman–Crippen MR) is 99.8 cm³/mol. The first-order valence-electron chi connectivity index (χ1n) is 8.18. The first-order chi connectivity index (χ1) is 12.7. The maximum absolute atomic E-state index is 11.7. The zero-order valence-corrected chi connectivity index (χ0v) is 14.6. The summed E-state index contributed by atoms with van der Waals surface area (Å²) in [6.45, 7) is 3.23. The monoisotopic (exact) mass is 368 g/mol. The molecule has 0 spiro atoms. The highest BCUT2D eigenvalue weighted by Crippen LogP contribution is 2.25. The maximum Gasteiger partial charge on any atom is 0.290 e. The first-order valence-corrected chi connectivity index (χ1v) is 8.99. The highest BCUT2D eigenvalue weighted by atomic mass is 32.2. The number of amides is 2. The Bertz CT molecular complexity index is 865. The van der Waals surface area contributed by atoms with E-state index in [9.17, 15) is 9.59 Å². The quantitative estimate of drug-likeness (QED) is 0.816. The summed E-state index contributed by atoms with van der Waals surface area (Å²) >= 11 is 0.882. The first kappa shape index (κ1) is 16.5. The van der Waals surface area contributed by atoms with Crippen molar-refractivity contribution in [2.75, 3.05) is 36.0 Å². The number of piperazine rings is 1. The van der Waals surface area contributed by atoms with Gasteiger partial charge in [-0.2, -0.15) is 0 Å². The van der Waals surface area contributed by atoms with Crippen molar-refractivity contribution in [2.24, 2.45) is 0 Å². The molecule has 132 valence electrons. The molecule has 4 heterocycles. The second-order valence-electron chi connectivity index (χ2n) is 5.80. The summed E-state index contributed by atoms with van der Waals surface area (Å²) in [6, 6.07) is 7.61. The summed E-state index contributed by atoms with van der Waals surface area (Å²) < 4.78 is 0. The third-order valence-corrected chi connectivity index (χ3v) is 4.93. The van der Waals surface area contributed by atoms with Crippen LogP contribution in [0.15, 0.2) is 41.6 Å². The smallest absolute Gasteiger partial charge is 0.290 e. The van der Waals surface area contributed by atoms with Crippen molar-refractivity contribution in [1.29, 1.82) is 0 Å². The van der Waals surface area contributed by atoms with Crippen LogP contribution >= 0.6 is 11.8 Å². The SMILES string of the molecule is O=C1NC(=O)/C(=C/c2ccnc(N3CCN(c4ccccn4)CC3)n2)S1. The lowest BCUT2D eigenvalue weighted by molar-refractivity contribution is -0.115. The lowest BCUT2D eigenvalue weighted by atomic mass is 10.3. The topological polar surface area (TPSA) is 91.3 Å². The zero-order chi connectivity index (χ0) is 17.9. The number of carbonyl (C=O) groups is 2. The molecule has 0 aliphatic carbocycles. The number of hydrogen-bond acceptors (Lipinski definition) is 8. The number of pyridine rings is 1. The highest BCUT2D eigenvalue weighted by Gasteiger charge is 2.25. The Balaban J connectivity index is 1.45. The highest BCUT2D eigenvalue weighted by molar-refractivity contribution is 8.18. The van der Waals surface area contributed by atoms with E-state index >= 15 is 0 Å². The van der Waals surface area contributed by atoms with E-state index in [2.05, 4.69) is 30.1 Å². The van der Waals surface area contributed by atoms with Gasteiger partial charge in [-0.25, -0.2) is 15.0 Å². The molecular formula is C17H16N6O2S. The van der Waals surface area contributed by atoms with Crippen molar-refractivity contribution in [3.8, 4) is 0 Å². The number of nitrogens with zero attached hydrogens (tertiary/aromatic N) is 5. The van der Waals surface area contributed by atoms with Gasteiger partial charge in [0.2, 0.25) is 5.95 Å². The van der Waals surface area contributed by atoms with Crippen molar-refractivity contribution >= 4 is 40.8 Å². The maximum atomic E-state index is 11.7. The lowest BCUT2D eigenvalue weighted by Gasteiger charge is -2.35. The molecule has 2 aliphatic heterocycles. The average molecular weight is 368 g/mol. The Kier molecular flexibility index (Phi) is 4.53. The van der Waals surface area contributed by atoms with Gasteiger partial charge in [0.05, 0.1) is 10.6 Å². The number of nitrogens with one attached hydrogen (secondary N) is 1. The third kappa shape index (κ3) is 3.52. The standard InChI is InChI=1S/C17H16N6O2S/c24-15-13(26-17(25)21-15)11-12-4-6-19-16(20-12)23-9-7-22(8-10-23)14-3-1-2-5-18-14/h1-6,11H,7-10H2,(H,21,24,25)/b13-11-.